The number of aryl methyl sites for hydroxylation is 1. The molecule has 0 aromatic carbocycles. The summed E-state index contributed by atoms with van der Waals surface area (Å²) in [7, 11) is 1.71. The molecule has 1 N–H and O–H groups in total. The molecule has 0 fully saturated rings. The Morgan fingerprint density at radius 2 is 2.21 bits per heavy atom. The molecule has 2 heterocycles. The average Bonchev–Trinajstić information content (AvgIpc) is 3.05. The van der Waals surface area contributed by atoms with Gasteiger partial charge in [0.15, 0.2) is 0 Å². The zero-order chi connectivity index (χ0) is 13.5. The number of methoxy groups -OCH3 is 1. The van der Waals surface area contributed by atoms with Crippen LogP contribution in [0.3, 0.4) is 0 Å². The van der Waals surface area contributed by atoms with E-state index in [2.05, 4.69) is 35.7 Å². The van der Waals surface area contributed by atoms with E-state index < -0.39 is 0 Å². The van der Waals surface area contributed by atoms with E-state index in [4.69, 9.17) is 4.74 Å². The molecule has 19 heavy (non-hydrogen) atoms. The summed E-state index contributed by atoms with van der Waals surface area (Å²) in [4.78, 5) is 2.79. The Balaban J connectivity index is 1.83. The molecule has 0 radical (unpaired) electrons. The molecule has 0 spiro atoms. The number of hydrogen-bond donors (Lipinski definition) is 1. The summed E-state index contributed by atoms with van der Waals surface area (Å²) < 4.78 is 6.99. The molecule has 5 heteroatoms. The molecular formula is C14H21N3OS. The van der Waals surface area contributed by atoms with E-state index >= 15 is 0 Å². The third-order valence-corrected chi connectivity index (χ3v) is 4.10. The van der Waals surface area contributed by atoms with Gasteiger partial charge in [-0.05, 0) is 18.6 Å². The molecule has 0 aliphatic rings. The van der Waals surface area contributed by atoms with Gasteiger partial charge in [0.05, 0.1) is 19.3 Å². The summed E-state index contributed by atoms with van der Waals surface area (Å²) >= 11 is 1.87. The van der Waals surface area contributed by atoms with Gasteiger partial charge in [-0.3, -0.25) is 4.68 Å². The van der Waals surface area contributed by atoms with Crippen molar-refractivity contribution in [1.82, 2.24) is 15.1 Å². The van der Waals surface area contributed by atoms with E-state index in [1.807, 2.05) is 22.2 Å². The second kappa shape index (κ2) is 7.43. The van der Waals surface area contributed by atoms with Crippen LogP contribution in [0.25, 0.3) is 0 Å². The number of aromatic nitrogens is 2. The van der Waals surface area contributed by atoms with Crippen molar-refractivity contribution in [3.63, 3.8) is 0 Å². The van der Waals surface area contributed by atoms with Crippen molar-refractivity contribution in [1.29, 1.82) is 0 Å². The molecule has 0 saturated heterocycles. The van der Waals surface area contributed by atoms with Crippen molar-refractivity contribution in [3.05, 3.63) is 39.8 Å². The molecule has 0 unspecified atom stereocenters. The predicted octanol–water partition coefficient (Wildman–Crippen LogP) is 2.29. The number of hydrogen-bond acceptors (Lipinski definition) is 4. The van der Waals surface area contributed by atoms with Crippen molar-refractivity contribution in [2.24, 2.45) is 0 Å². The summed E-state index contributed by atoms with van der Waals surface area (Å²) in [6.07, 6.45) is 5.14. The maximum Gasteiger partial charge on any atom is 0.0752 e. The normalized spacial score (nSPS) is 11.1. The Bertz CT molecular complexity index is 492. The van der Waals surface area contributed by atoms with Gasteiger partial charge in [-0.2, -0.15) is 5.10 Å². The van der Waals surface area contributed by atoms with Crippen molar-refractivity contribution in [2.45, 2.75) is 26.4 Å². The Kier molecular flexibility index (Phi) is 5.57. The number of thiophene rings is 1. The number of rotatable bonds is 8. The van der Waals surface area contributed by atoms with Gasteiger partial charge < -0.3 is 10.1 Å². The Morgan fingerprint density at radius 1 is 1.37 bits per heavy atom. The van der Waals surface area contributed by atoms with Crippen LogP contribution in [0.1, 0.15) is 22.2 Å². The minimum atomic E-state index is 0.739. The molecule has 0 aliphatic heterocycles. The molecule has 0 amide bonds. The molecular weight excluding hydrogens is 258 g/mol. The minimum absolute atomic E-state index is 0.739. The molecule has 0 aliphatic carbocycles. The lowest BCUT2D eigenvalue weighted by Gasteiger charge is -2.01. The highest BCUT2D eigenvalue weighted by molar-refractivity contribution is 7.11. The molecule has 2 rings (SSSR count). The Labute approximate surface area is 118 Å². The van der Waals surface area contributed by atoms with Crippen molar-refractivity contribution in [2.75, 3.05) is 20.3 Å². The Hall–Kier alpha value is -1.17. The van der Waals surface area contributed by atoms with Crippen molar-refractivity contribution >= 4 is 11.3 Å². The van der Waals surface area contributed by atoms with Crippen LogP contribution in [0.5, 0.6) is 0 Å². The molecule has 0 bridgehead atoms. The van der Waals surface area contributed by atoms with Crippen molar-refractivity contribution in [3.8, 4) is 0 Å². The average molecular weight is 279 g/mol. The zero-order valence-corrected chi connectivity index (χ0v) is 12.4. The fourth-order valence-electron chi connectivity index (χ4n) is 1.85. The molecule has 104 valence electrons. The Morgan fingerprint density at radius 3 is 2.95 bits per heavy atom. The van der Waals surface area contributed by atoms with Crippen LogP contribution in [0, 0.1) is 0 Å². The third-order valence-electron chi connectivity index (χ3n) is 2.88. The SMILES string of the molecule is CCc1ccc(Cn2cc(CNCCOC)cn2)s1. The highest BCUT2D eigenvalue weighted by Gasteiger charge is 2.02. The molecule has 4 nitrogen and oxygen atoms in total. The lowest BCUT2D eigenvalue weighted by molar-refractivity contribution is 0.199. The maximum atomic E-state index is 4.99. The molecule has 0 saturated carbocycles. The van der Waals surface area contributed by atoms with Gasteiger partial charge in [-0.1, -0.05) is 6.92 Å². The van der Waals surface area contributed by atoms with Gasteiger partial charge >= 0.3 is 0 Å². The summed E-state index contributed by atoms with van der Waals surface area (Å²) in [6.45, 7) is 5.50. The zero-order valence-electron chi connectivity index (χ0n) is 11.6. The fourth-order valence-corrected chi connectivity index (χ4v) is 2.80. The van der Waals surface area contributed by atoms with Crippen LogP contribution >= 0.6 is 11.3 Å². The van der Waals surface area contributed by atoms with Gasteiger partial charge in [0.1, 0.15) is 0 Å². The van der Waals surface area contributed by atoms with E-state index in [1.54, 1.807) is 7.11 Å². The standard InChI is InChI=1S/C14H21N3OS/c1-3-13-4-5-14(19-13)11-17-10-12(9-16-17)8-15-6-7-18-2/h4-5,9-10,15H,3,6-8,11H2,1-2H3. The summed E-state index contributed by atoms with van der Waals surface area (Å²) in [6, 6.07) is 4.40. The summed E-state index contributed by atoms with van der Waals surface area (Å²) in [5, 5.41) is 7.71. The lowest BCUT2D eigenvalue weighted by Crippen LogP contribution is -2.18. The van der Waals surface area contributed by atoms with Gasteiger partial charge in [-0.15, -0.1) is 11.3 Å². The van der Waals surface area contributed by atoms with E-state index in [0.29, 0.717) is 0 Å². The molecule has 2 aromatic heterocycles. The predicted molar refractivity (Wildman–Crippen MR) is 78.6 cm³/mol. The quantitative estimate of drug-likeness (QED) is 0.754. The van der Waals surface area contributed by atoms with Gasteiger partial charge in [-0.25, -0.2) is 0 Å². The van der Waals surface area contributed by atoms with Crippen LogP contribution in [0.2, 0.25) is 0 Å². The minimum Gasteiger partial charge on any atom is -0.383 e. The van der Waals surface area contributed by atoms with Crippen molar-refractivity contribution < 1.29 is 4.74 Å². The first-order valence-electron chi connectivity index (χ1n) is 6.60. The lowest BCUT2D eigenvalue weighted by atomic mass is 10.3. The van der Waals surface area contributed by atoms with Crippen LogP contribution in [0.15, 0.2) is 24.5 Å². The van der Waals surface area contributed by atoms with Crippen LogP contribution in [-0.2, 0) is 24.2 Å². The van der Waals surface area contributed by atoms with E-state index in [9.17, 15) is 0 Å². The first-order valence-corrected chi connectivity index (χ1v) is 7.42. The molecule has 2 aromatic rings. The van der Waals surface area contributed by atoms with E-state index in [1.165, 1.54) is 15.3 Å². The van der Waals surface area contributed by atoms with Crippen LogP contribution < -0.4 is 5.32 Å². The third kappa shape index (κ3) is 4.45. The van der Waals surface area contributed by atoms with Gasteiger partial charge in [0.2, 0.25) is 0 Å². The highest BCUT2D eigenvalue weighted by atomic mass is 32.1. The summed E-state index contributed by atoms with van der Waals surface area (Å²) in [5.41, 5.74) is 1.21. The first-order chi connectivity index (χ1) is 9.31. The second-order valence-electron chi connectivity index (χ2n) is 4.44. The van der Waals surface area contributed by atoms with E-state index in [-0.39, 0.29) is 0 Å². The topological polar surface area (TPSA) is 39.1 Å². The second-order valence-corrected chi connectivity index (χ2v) is 5.69. The number of nitrogens with one attached hydrogen (secondary N) is 1. The van der Waals surface area contributed by atoms with Gasteiger partial charge in [0, 0.05) is 41.7 Å². The fraction of sp³-hybridized carbons (Fsp3) is 0.500. The largest absolute Gasteiger partial charge is 0.383 e. The van der Waals surface area contributed by atoms with Gasteiger partial charge in [0.25, 0.3) is 0 Å². The smallest absolute Gasteiger partial charge is 0.0752 e. The maximum absolute atomic E-state index is 4.99. The number of nitrogens with zero attached hydrogens (tertiary/aromatic N) is 2. The first kappa shape index (κ1) is 14.2. The highest BCUT2D eigenvalue weighted by Crippen LogP contribution is 2.17. The molecule has 0 atom stereocenters. The summed E-state index contributed by atoms with van der Waals surface area (Å²) in [5.74, 6) is 0. The number of ether oxygens (including phenoxy) is 1. The van der Waals surface area contributed by atoms with Crippen LogP contribution in [0.4, 0.5) is 0 Å². The van der Waals surface area contributed by atoms with Crippen LogP contribution in [-0.4, -0.2) is 30.0 Å². The van der Waals surface area contributed by atoms with E-state index in [0.717, 1.165) is 32.7 Å². The monoisotopic (exact) mass is 279 g/mol.